The highest BCUT2D eigenvalue weighted by molar-refractivity contribution is 4.92. The molecule has 1 unspecified atom stereocenters. The van der Waals surface area contributed by atoms with Crippen LogP contribution < -0.4 is 0 Å². The van der Waals surface area contributed by atoms with Gasteiger partial charge in [0.15, 0.2) is 0 Å². The molecule has 0 saturated heterocycles. The van der Waals surface area contributed by atoms with Gasteiger partial charge in [0.1, 0.15) is 6.23 Å². The van der Waals surface area contributed by atoms with E-state index in [4.69, 9.17) is 0 Å². The minimum atomic E-state index is -0.292. The van der Waals surface area contributed by atoms with Gasteiger partial charge in [-0.1, -0.05) is 95.9 Å². The summed E-state index contributed by atoms with van der Waals surface area (Å²) in [4.78, 5) is 2.25. The molecule has 0 aromatic rings. The van der Waals surface area contributed by atoms with E-state index < -0.39 is 0 Å². The normalized spacial score (nSPS) is 13.3. The van der Waals surface area contributed by atoms with Gasteiger partial charge < -0.3 is 5.11 Å². The SMILES string of the molecule is CCCCC/C=C\C/C=C\CCCCCCCCN(CCCCCC)C(C)O. The summed E-state index contributed by atoms with van der Waals surface area (Å²) in [6.45, 7) is 8.52. The molecule has 28 heavy (non-hydrogen) atoms. The number of allylic oxidation sites excluding steroid dienone is 4. The average molecular weight is 394 g/mol. The summed E-state index contributed by atoms with van der Waals surface area (Å²) < 4.78 is 0. The van der Waals surface area contributed by atoms with Gasteiger partial charge in [-0.05, 0) is 51.9 Å². The van der Waals surface area contributed by atoms with E-state index >= 15 is 0 Å². The lowest BCUT2D eigenvalue weighted by molar-refractivity contribution is 0.0163. The fourth-order valence-electron chi connectivity index (χ4n) is 3.53. The molecule has 0 radical (unpaired) electrons. The van der Waals surface area contributed by atoms with Gasteiger partial charge in [0.05, 0.1) is 0 Å². The quantitative estimate of drug-likeness (QED) is 0.121. The van der Waals surface area contributed by atoms with Crippen LogP contribution >= 0.6 is 0 Å². The molecule has 0 amide bonds. The Hall–Kier alpha value is -0.600. The summed E-state index contributed by atoms with van der Waals surface area (Å²) in [6.07, 6.45) is 29.7. The number of aliphatic hydroxyl groups excluding tert-OH is 1. The van der Waals surface area contributed by atoms with Gasteiger partial charge in [0.25, 0.3) is 0 Å². The summed E-state index contributed by atoms with van der Waals surface area (Å²) in [5, 5.41) is 9.91. The van der Waals surface area contributed by atoms with Crippen LogP contribution in [0.1, 0.15) is 124 Å². The Morgan fingerprint density at radius 3 is 1.57 bits per heavy atom. The molecule has 0 aromatic carbocycles. The molecular formula is C26H51NO. The molecule has 0 fully saturated rings. The second-order valence-electron chi connectivity index (χ2n) is 8.31. The van der Waals surface area contributed by atoms with Crippen molar-refractivity contribution in [1.82, 2.24) is 4.90 Å². The monoisotopic (exact) mass is 393 g/mol. The van der Waals surface area contributed by atoms with Crippen molar-refractivity contribution in [2.45, 2.75) is 130 Å². The average Bonchev–Trinajstić information content (AvgIpc) is 2.69. The van der Waals surface area contributed by atoms with E-state index in [0.717, 1.165) is 19.5 Å². The van der Waals surface area contributed by atoms with Gasteiger partial charge in [0.2, 0.25) is 0 Å². The molecule has 0 spiro atoms. The zero-order valence-electron chi connectivity index (χ0n) is 19.5. The Kier molecular flexibility index (Phi) is 22.2. The third kappa shape index (κ3) is 20.1. The van der Waals surface area contributed by atoms with E-state index in [0.29, 0.717) is 0 Å². The Morgan fingerprint density at radius 1 is 0.607 bits per heavy atom. The highest BCUT2D eigenvalue weighted by Gasteiger charge is 2.09. The summed E-state index contributed by atoms with van der Waals surface area (Å²) >= 11 is 0. The second kappa shape index (κ2) is 22.7. The van der Waals surface area contributed by atoms with E-state index in [1.54, 1.807) is 0 Å². The van der Waals surface area contributed by atoms with Crippen LogP contribution in [0.5, 0.6) is 0 Å². The Bertz CT molecular complexity index is 348. The van der Waals surface area contributed by atoms with Crippen molar-refractivity contribution in [1.29, 1.82) is 0 Å². The predicted octanol–water partition coefficient (Wildman–Crippen LogP) is 8.02. The summed E-state index contributed by atoms with van der Waals surface area (Å²) in [7, 11) is 0. The molecule has 1 N–H and O–H groups in total. The standard InChI is InChI=1S/C26H51NO/c1-4-6-8-10-11-12-13-14-15-16-17-18-19-20-21-23-25-27(26(3)28)24-22-9-7-5-2/h11-12,14-15,26,28H,4-10,13,16-25H2,1-3H3/b12-11-,15-14-. The van der Waals surface area contributed by atoms with Crippen LogP contribution in [0.15, 0.2) is 24.3 Å². The van der Waals surface area contributed by atoms with Gasteiger partial charge in [-0.25, -0.2) is 0 Å². The number of aliphatic hydroxyl groups is 1. The van der Waals surface area contributed by atoms with E-state index in [9.17, 15) is 5.11 Å². The van der Waals surface area contributed by atoms with Crippen molar-refractivity contribution in [2.75, 3.05) is 13.1 Å². The summed E-state index contributed by atoms with van der Waals surface area (Å²) in [5.41, 5.74) is 0. The third-order valence-electron chi connectivity index (χ3n) is 5.47. The molecule has 166 valence electrons. The highest BCUT2D eigenvalue weighted by Crippen LogP contribution is 2.10. The molecule has 2 heteroatoms. The smallest absolute Gasteiger partial charge is 0.104 e. The summed E-state index contributed by atoms with van der Waals surface area (Å²) in [6, 6.07) is 0. The van der Waals surface area contributed by atoms with E-state index in [-0.39, 0.29) is 6.23 Å². The molecule has 0 heterocycles. The van der Waals surface area contributed by atoms with Crippen LogP contribution in [0.3, 0.4) is 0 Å². The fraction of sp³-hybridized carbons (Fsp3) is 0.846. The maximum absolute atomic E-state index is 9.91. The van der Waals surface area contributed by atoms with Crippen LogP contribution in [0.25, 0.3) is 0 Å². The van der Waals surface area contributed by atoms with Crippen molar-refractivity contribution in [2.24, 2.45) is 0 Å². The van der Waals surface area contributed by atoms with Gasteiger partial charge in [-0.3, -0.25) is 4.90 Å². The van der Waals surface area contributed by atoms with Crippen LogP contribution in [0, 0.1) is 0 Å². The fourth-order valence-corrected chi connectivity index (χ4v) is 3.53. The number of hydrogen-bond donors (Lipinski definition) is 1. The lowest BCUT2D eigenvalue weighted by Crippen LogP contribution is -2.34. The topological polar surface area (TPSA) is 23.5 Å². The molecule has 0 aliphatic carbocycles. The van der Waals surface area contributed by atoms with Gasteiger partial charge in [0, 0.05) is 13.1 Å². The maximum atomic E-state index is 9.91. The molecule has 1 atom stereocenters. The molecule has 0 bridgehead atoms. The van der Waals surface area contributed by atoms with Crippen LogP contribution in [0.4, 0.5) is 0 Å². The lowest BCUT2D eigenvalue weighted by Gasteiger charge is -2.25. The molecule has 0 rings (SSSR count). The number of unbranched alkanes of at least 4 members (excludes halogenated alkanes) is 12. The first kappa shape index (κ1) is 27.4. The van der Waals surface area contributed by atoms with Gasteiger partial charge in [-0.15, -0.1) is 0 Å². The van der Waals surface area contributed by atoms with E-state index in [2.05, 4.69) is 43.1 Å². The minimum absolute atomic E-state index is 0.292. The Balaban J connectivity index is 3.44. The molecular weight excluding hydrogens is 342 g/mol. The Labute approximate surface area is 177 Å². The minimum Gasteiger partial charge on any atom is -0.379 e. The van der Waals surface area contributed by atoms with Crippen molar-refractivity contribution >= 4 is 0 Å². The second-order valence-corrected chi connectivity index (χ2v) is 8.31. The maximum Gasteiger partial charge on any atom is 0.104 e. The molecule has 0 aliphatic rings. The molecule has 0 aromatic heterocycles. The molecule has 0 aliphatic heterocycles. The zero-order chi connectivity index (χ0) is 20.7. The first-order valence-corrected chi connectivity index (χ1v) is 12.4. The summed E-state index contributed by atoms with van der Waals surface area (Å²) in [5.74, 6) is 0. The van der Waals surface area contributed by atoms with E-state index in [1.165, 1.54) is 96.3 Å². The van der Waals surface area contributed by atoms with Gasteiger partial charge >= 0.3 is 0 Å². The molecule has 2 nitrogen and oxygen atoms in total. The number of nitrogens with zero attached hydrogens (tertiary/aromatic N) is 1. The van der Waals surface area contributed by atoms with Gasteiger partial charge in [-0.2, -0.15) is 0 Å². The van der Waals surface area contributed by atoms with Crippen LogP contribution in [-0.4, -0.2) is 29.3 Å². The largest absolute Gasteiger partial charge is 0.379 e. The predicted molar refractivity (Wildman–Crippen MR) is 127 cm³/mol. The van der Waals surface area contributed by atoms with Crippen molar-refractivity contribution in [3.05, 3.63) is 24.3 Å². The van der Waals surface area contributed by atoms with E-state index in [1.807, 2.05) is 6.92 Å². The van der Waals surface area contributed by atoms with Crippen molar-refractivity contribution in [3.8, 4) is 0 Å². The first-order chi connectivity index (χ1) is 13.7. The lowest BCUT2D eigenvalue weighted by atomic mass is 10.1. The first-order valence-electron chi connectivity index (χ1n) is 12.4. The number of hydrogen-bond acceptors (Lipinski definition) is 2. The third-order valence-corrected chi connectivity index (χ3v) is 5.47. The molecule has 0 saturated carbocycles. The van der Waals surface area contributed by atoms with Crippen molar-refractivity contribution in [3.63, 3.8) is 0 Å². The van der Waals surface area contributed by atoms with Crippen molar-refractivity contribution < 1.29 is 5.11 Å². The van der Waals surface area contributed by atoms with Crippen LogP contribution in [-0.2, 0) is 0 Å². The zero-order valence-corrected chi connectivity index (χ0v) is 19.5. The highest BCUT2D eigenvalue weighted by atomic mass is 16.3. The Morgan fingerprint density at radius 2 is 1.04 bits per heavy atom. The number of rotatable bonds is 21. The van der Waals surface area contributed by atoms with Crippen LogP contribution in [0.2, 0.25) is 0 Å².